The number of benzene rings is 2. The lowest BCUT2D eigenvalue weighted by Gasteiger charge is -2.14. The number of aromatic amines is 1. The smallest absolute Gasteiger partial charge is 0.354 e. The van der Waals surface area contributed by atoms with E-state index in [2.05, 4.69) is 20.2 Å². The van der Waals surface area contributed by atoms with Crippen LogP contribution < -0.4 is 4.68 Å². The summed E-state index contributed by atoms with van der Waals surface area (Å²) >= 11 is 0. The number of nitrogens with one attached hydrogen (secondary N) is 1. The van der Waals surface area contributed by atoms with E-state index < -0.39 is 40.8 Å². The van der Waals surface area contributed by atoms with Crippen molar-refractivity contribution >= 4 is 11.0 Å². The zero-order chi connectivity index (χ0) is 28.2. The Morgan fingerprint density at radius 1 is 0.795 bits per heavy atom. The van der Waals surface area contributed by atoms with Crippen molar-refractivity contribution in [2.24, 2.45) is 0 Å². The van der Waals surface area contributed by atoms with Gasteiger partial charge in [0.25, 0.3) is 0 Å². The highest BCUT2D eigenvalue weighted by Crippen LogP contribution is 2.40. The molecule has 39 heavy (non-hydrogen) atoms. The first-order chi connectivity index (χ1) is 18.2. The Bertz CT molecular complexity index is 1650. The zero-order valence-electron chi connectivity index (χ0n) is 19.1. The summed E-state index contributed by atoms with van der Waals surface area (Å²) in [5.41, 5.74) is -3.47. The summed E-state index contributed by atoms with van der Waals surface area (Å²) < 4.78 is 124. The summed E-state index contributed by atoms with van der Waals surface area (Å²) in [5, 5.41) is 7.71. The summed E-state index contributed by atoms with van der Waals surface area (Å²) in [4.78, 5) is 7.24. The summed E-state index contributed by atoms with van der Waals surface area (Å²) in [6.45, 7) is -0.112. The number of halogens is 9. The molecule has 6 nitrogen and oxygen atoms in total. The molecule has 0 unspecified atom stereocenters. The van der Waals surface area contributed by atoms with Crippen molar-refractivity contribution in [1.82, 2.24) is 20.2 Å². The van der Waals surface area contributed by atoms with Crippen molar-refractivity contribution in [3.8, 4) is 22.6 Å². The molecule has 0 amide bonds. The molecule has 202 valence electrons. The highest BCUT2D eigenvalue weighted by atomic mass is 19.4. The zero-order valence-corrected chi connectivity index (χ0v) is 19.1. The Balaban J connectivity index is 1.40. The van der Waals surface area contributed by atoms with Crippen LogP contribution in [0.4, 0.5) is 39.5 Å². The summed E-state index contributed by atoms with van der Waals surface area (Å²) in [6.07, 6.45) is -11.7. The Morgan fingerprint density at radius 2 is 1.46 bits per heavy atom. The molecule has 2 aromatic carbocycles. The van der Waals surface area contributed by atoms with E-state index in [-0.39, 0.29) is 29.9 Å². The Hall–Kier alpha value is -4.43. The molecule has 1 N–H and O–H groups in total. The van der Waals surface area contributed by atoms with Gasteiger partial charge in [-0.15, -0.1) is 0 Å². The predicted molar refractivity (Wildman–Crippen MR) is 116 cm³/mol. The van der Waals surface area contributed by atoms with Crippen LogP contribution >= 0.6 is 0 Å². The third-order valence-electron chi connectivity index (χ3n) is 5.66. The van der Waals surface area contributed by atoms with Gasteiger partial charge in [0.05, 0.1) is 16.7 Å². The topological polar surface area (TPSA) is 71.5 Å². The lowest BCUT2D eigenvalue weighted by molar-refractivity contribution is -0.746. The third-order valence-corrected chi connectivity index (χ3v) is 5.66. The van der Waals surface area contributed by atoms with Gasteiger partial charge in [0.15, 0.2) is 0 Å². The molecule has 0 radical (unpaired) electrons. The average molecular weight is 558 g/mol. The molecule has 5 aromatic rings. The molecule has 0 aliphatic heterocycles. The minimum absolute atomic E-state index is 0.0143. The lowest BCUT2D eigenvalue weighted by atomic mass is 10.0. The van der Waals surface area contributed by atoms with Crippen molar-refractivity contribution in [3.63, 3.8) is 0 Å². The van der Waals surface area contributed by atoms with Gasteiger partial charge in [0, 0.05) is 17.2 Å². The summed E-state index contributed by atoms with van der Waals surface area (Å²) in [6, 6.07) is 6.72. The van der Waals surface area contributed by atoms with Crippen molar-refractivity contribution in [1.29, 1.82) is 0 Å². The molecule has 0 atom stereocenters. The Kier molecular flexibility index (Phi) is 6.11. The van der Waals surface area contributed by atoms with E-state index >= 15 is 0 Å². The Morgan fingerprint density at radius 3 is 2.10 bits per heavy atom. The molecular formula is C24H13F9N5O+. The van der Waals surface area contributed by atoms with E-state index in [0.29, 0.717) is 28.7 Å². The second-order valence-electron chi connectivity index (χ2n) is 8.37. The maximum absolute atomic E-state index is 13.5. The number of nitrogens with zero attached hydrogens (tertiary/aromatic N) is 4. The van der Waals surface area contributed by atoms with Crippen LogP contribution in [0.2, 0.25) is 0 Å². The van der Waals surface area contributed by atoms with Crippen molar-refractivity contribution in [3.05, 3.63) is 83.4 Å². The molecule has 0 spiro atoms. The fourth-order valence-electron chi connectivity index (χ4n) is 3.80. The SMILES string of the molecule is FC(F)(F)c1ccc(-c2nc3cn[n+](Cc4cc(-c5ccc(C(F)(F)F)cc5C(F)(F)F)no4)cc3[nH]2)cc1. The van der Waals surface area contributed by atoms with Crippen LogP contribution in [0.1, 0.15) is 22.5 Å². The van der Waals surface area contributed by atoms with Gasteiger partial charge < -0.3 is 9.51 Å². The van der Waals surface area contributed by atoms with Crippen LogP contribution in [0.15, 0.2) is 65.4 Å². The number of H-pyrrole nitrogens is 1. The highest BCUT2D eigenvalue weighted by molar-refractivity contribution is 5.77. The monoisotopic (exact) mass is 558 g/mol. The van der Waals surface area contributed by atoms with Gasteiger partial charge in [-0.2, -0.15) is 39.5 Å². The van der Waals surface area contributed by atoms with Crippen LogP contribution in [-0.4, -0.2) is 20.2 Å². The van der Waals surface area contributed by atoms with Gasteiger partial charge in [-0.3, -0.25) is 0 Å². The van der Waals surface area contributed by atoms with Gasteiger partial charge >= 0.3 is 18.5 Å². The van der Waals surface area contributed by atoms with Crippen molar-refractivity contribution in [2.45, 2.75) is 25.1 Å². The quantitative estimate of drug-likeness (QED) is 0.198. The van der Waals surface area contributed by atoms with E-state index in [0.717, 1.165) is 18.2 Å². The molecule has 0 saturated carbocycles. The molecule has 3 aromatic heterocycles. The lowest BCUT2D eigenvalue weighted by Crippen LogP contribution is -2.37. The van der Waals surface area contributed by atoms with Crippen LogP contribution in [0.3, 0.4) is 0 Å². The number of hydrogen-bond donors (Lipinski definition) is 1. The number of rotatable bonds is 4. The van der Waals surface area contributed by atoms with Gasteiger partial charge in [0.2, 0.25) is 18.5 Å². The molecule has 5 rings (SSSR count). The number of fused-ring (bicyclic) bond motifs is 1. The first-order valence-electron chi connectivity index (χ1n) is 10.9. The molecule has 0 saturated heterocycles. The largest absolute Gasteiger partial charge is 0.417 e. The molecule has 0 aliphatic rings. The first-order valence-corrected chi connectivity index (χ1v) is 10.9. The van der Waals surface area contributed by atoms with Gasteiger partial charge in [-0.05, 0) is 29.4 Å². The standard InChI is InChI=1S/C24H12F9N5O/c25-22(26,27)13-3-1-12(2-4-13)21-35-19-9-34-38(11-20(19)36-21)10-15-8-18(37-39-15)16-6-5-14(23(28,29)30)7-17(16)24(31,32)33/h1-9,11H,10H2/p+1. The molecule has 3 heterocycles. The maximum atomic E-state index is 13.5. The normalized spacial score (nSPS) is 12.8. The van der Waals surface area contributed by atoms with Crippen LogP contribution in [0, 0.1) is 0 Å². The van der Waals surface area contributed by atoms with Gasteiger partial charge in [-0.1, -0.05) is 28.0 Å². The van der Waals surface area contributed by atoms with Crippen LogP contribution in [0.25, 0.3) is 33.7 Å². The molecule has 0 fully saturated rings. The van der Waals surface area contributed by atoms with Crippen LogP contribution in [0.5, 0.6) is 0 Å². The summed E-state index contributed by atoms with van der Waals surface area (Å²) in [5.74, 6) is 0.333. The summed E-state index contributed by atoms with van der Waals surface area (Å²) in [7, 11) is 0. The van der Waals surface area contributed by atoms with E-state index in [1.165, 1.54) is 29.2 Å². The van der Waals surface area contributed by atoms with E-state index in [9.17, 15) is 39.5 Å². The third kappa shape index (κ3) is 5.42. The fraction of sp³-hybridized carbons (Fsp3) is 0.167. The van der Waals surface area contributed by atoms with Crippen molar-refractivity contribution < 1.29 is 48.7 Å². The van der Waals surface area contributed by atoms with E-state index in [1.807, 2.05) is 0 Å². The predicted octanol–water partition coefficient (Wildman–Crippen LogP) is 6.67. The second kappa shape index (κ2) is 9.10. The molecule has 0 bridgehead atoms. The van der Waals surface area contributed by atoms with Gasteiger partial charge in [-0.25, -0.2) is 4.98 Å². The minimum Gasteiger partial charge on any atom is -0.354 e. The minimum atomic E-state index is -5.08. The fourth-order valence-corrected chi connectivity index (χ4v) is 3.80. The number of aromatic nitrogens is 5. The first kappa shape index (κ1) is 26.2. The van der Waals surface area contributed by atoms with E-state index in [1.54, 1.807) is 0 Å². The molecule has 15 heteroatoms. The number of alkyl halides is 9. The molecule has 0 aliphatic carbocycles. The van der Waals surface area contributed by atoms with Crippen molar-refractivity contribution in [2.75, 3.05) is 0 Å². The average Bonchev–Trinajstić information content (AvgIpc) is 3.49. The second-order valence-corrected chi connectivity index (χ2v) is 8.37. The number of imidazole rings is 1. The van der Waals surface area contributed by atoms with Crippen LogP contribution in [-0.2, 0) is 25.1 Å². The Labute approximate surface area is 211 Å². The van der Waals surface area contributed by atoms with E-state index in [4.69, 9.17) is 4.52 Å². The van der Waals surface area contributed by atoms with Gasteiger partial charge in [0.1, 0.15) is 28.7 Å². The molecular weight excluding hydrogens is 545 g/mol. The highest BCUT2D eigenvalue weighted by Gasteiger charge is 2.39. The maximum Gasteiger partial charge on any atom is 0.417 e. The number of hydrogen-bond acceptors (Lipinski definition) is 4.